The van der Waals surface area contributed by atoms with Gasteiger partial charge < -0.3 is 9.13 Å². The van der Waals surface area contributed by atoms with E-state index in [9.17, 15) is 0 Å². The fourth-order valence-corrected chi connectivity index (χ4v) is 5.46. The number of hydrogen-bond donors (Lipinski definition) is 0. The molecule has 0 N–H and O–H groups in total. The summed E-state index contributed by atoms with van der Waals surface area (Å²) in [6.07, 6.45) is 7.46. The van der Waals surface area contributed by atoms with Gasteiger partial charge >= 0.3 is 21.1 Å². The molecule has 39 heavy (non-hydrogen) atoms. The van der Waals surface area contributed by atoms with Crippen molar-refractivity contribution >= 4 is 43.6 Å². The quantitative estimate of drug-likeness (QED) is 0.157. The maximum Gasteiger partial charge on any atom is 2.00 e. The molecule has 5 nitrogen and oxygen atoms in total. The first-order valence-corrected chi connectivity index (χ1v) is 12.5. The van der Waals surface area contributed by atoms with Crippen molar-refractivity contribution in [3.05, 3.63) is 134 Å². The zero-order chi connectivity index (χ0) is 25.1. The maximum absolute atomic E-state index is 5.10. The zero-order valence-corrected chi connectivity index (χ0v) is 22.9. The van der Waals surface area contributed by atoms with Gasteiger partial charge in [-0.25, -0.2) is 4.98 Å². The Hall–Kier alpha value is -4.60. The normalized spacial score (nSPS) is 11.4. The smallest absolute Gasteiger partial charge is 0.320 e. The average molecular weight is 682 g/mol. The number of fused-ring (bicyclic) bond motifs is 6. The second kappa shape index (κ2) is 9.30. The van der Waals surface area contributed by atoms with E-state index < -0.39 is 0 Å². The van der Waals surface area contributed by atoms with Crippen LogP contribution in [-0.2, 0) is 21.1 Å². The molecule has 0 spiro atoms. The van der Waals surface area contributed by atoms with Gasteiger partial charge in [-0.05, 0) is 41.1 Å². The summed E-state index contributed by atoms with van der Waals surface area (Å²) in [6.45, 7) is 0. The first-order chi connectivity index (χ1) is 18.9. The Kier molecular flexibility index (Phi) is 5.61. The number of benzene rings is 3. The van der Waals surface area contributed by atoms with Crippen molar-refractivity contribution < 1.29 is 25.6 Å². The zero-order valence-electron chi connectivity index (χ0n) is 20.6. The van der Waals surface area contributed by atoms with Crippen LogP contribution in [0.5, 0.6) is 0 Å². The third-order valence-electron chi connectivity index (χ3n) is 7.10. The Morgan fingerprint density at radius 3 is 2.03 bits per heavy atom. The molecule has 0 fully saturated rings. The molecule has 0 unspecified atom stereocenters. The molecule has 5 heterocycles. The molecular formula is C33H20N5Pt+. The van der Waals surface area contributed by atoms with Crippen molar-refractivity contribution in [1.29, 1.82) is 0 Å². The van der Waals surface area contributed by atoms with E-state index in [1.165, 1.54) is 10.8 Å². The second-order valence-electron chi connectivity index (χ2n) is 9.24. The van der Waals surface area contributed by atoms with Gasteiger partial charge in [0.15, 0.2) is 0 Å². The maximum atomic E-state index is 5.10. The van der Waals surface area contributed by atoms with Crippen molar-refractivity contribution in [2.75, 3.05) is 0 Å². The first kappa shape index (κ1) is 23.5. The van der Waals surface area contributed by atoms with Gasteiger partial charge in [0.2, 0.25) is 5.82 Å². The molecule has 0 aliphatic carbocycles. The Labute approximate surface area is 238 Å². The van der Waals surface area contributed by atoms with Crippen molar-refractivity contribution in [3.8, 4) is 17.5 Å². The van der Waals surface area contributed by atoms with Crippen LogP contribution in [0, 0.1) is 12.3 Å². The van der Waals surface area contributed by atoms with Gasteiger partial charge in [-0.3, -0.25) is 4.57 Å². The van der Waals surface area contributed by atoms with Gasteiger partial charge in [0, 0.05) is 35.0 Å². The number of hydrogen-bond acceptors (Lipinski definition) is 2. The summed E-state index contributed by atoms with van der Waals surface area (Å²) in [4.78, 5) is 9.74. The standard InChI is InChI=1S/C33H20N5.Pt/c1-4-13-27-23(10-1)24-11-2-5-14-28(24)37(27)33-18-9-17-32(35-33)36-21-19-26-25-12-3-6-15-29(25)38(30(26)22-36)31-16-7-8-20-34-31;/h1-13,15-21H;/q-1;+2. The van der Waals surface area contributed by atoms with E-state index in [2.05, 4.69) is 87.0 Å². The van der Waals surface area contributed by atoms with Crippen LogP contribution in [0.25, 0.3) is 61.1 Å². The van der Waals surface area contributed by atoms with E-state index >= 15 is 0 Å². The summed E-state index contributed by atoms with van der Waals surface area (Å²) < 4.78 is 6.30. The number of nitrogens with zero attached hydrogens (tertiary/aromatic N) is 5. The minimum absolute atomic E-state index is 0. The number of aromatic nitrogens is 5. The second-order valence-corrected chi connectivity index (χ2v) is 9.24. The molecule has 0 amide bonds. The molecule has 8 aromatic rings. The van der Waals surface area contributed by atoms with Crippen LogP contribution in [0.1, 0.15) is 0 Å². The molecule has 5 aromatic heterocycles. The van der Waals surface area contributed by atoms with E-state index in [0.717, 1.165) is 50.3 Å². The predicted molar refractivity (Wildman–Crippen MR) is 150 cm³/mol. The molecular weight excluding hydrogens is 661 g/mol. The van der Waals surface area contributed by atoms with Crippen LogP contribution in [0.4, 0.5) is 0 Å². The first-order valence-electron chi connectivity index (χ1n) is 12.5. The van der Waals surface area contributed by atoms with E-state index in [-0.39, 0.29) is 21.1 Å². The summed E-state index contributed by atoms with van der Waals surface area (Å²) in [5, 5.41) is 4.64. The van der Waals surface area contributed by atoms with Crippen LogP contribution >= 0.6 is 0 Å². The molecule has 0 aliphatic heterocycles. The van der Waals surface area contributed by atoms with Gasteiger partial charge in [-0.15, -0.1) is 5.39 Å². The largest absolute Gasteiger partial charge is 2.00 e. The van der Waals surface area contributed by atoms with E-state index in [1.54, 1.807) is 0 Å². The van der Waals surface area contributed by atoms with Gasteiger partial charge in [-0.1, -0.05) is 70.5 Å². The SMILES string of the molecule is [Pt+2].[c-]1cccc2c3ccccc3n(-c3cccc(-[n+]4[c-]c5c(cc4)c4ccccc4n5-c4ccccn4)n3)c12. The molecule has 0 aliphatic rings. The van der Waals surface area contributed by atoms with Crippen molar-refractivity contribution in [2.45, 2.75) is 0 Å². The van der Waals surface area contributed by atoms with Crippen molar-refractivity contribution in [3.63, 3.8) is 0 Å². The minimum atomic E-state index is 0. The summed E-state index contributed by atoms with van der Waals surface area (Å²) >= 11 is 0. The molecule has 0 saturated heterocycles. The van der Waals surface area contributed by atoms with E-state index in [0.29, 0.717) is 0 Å². The molecule has 186 valence electrons. The third kappa shape index (κ3) is 3.62. The molecule has 0 saturated carbocycles. The molecule has 0 radical (unpaired) electrons. The predicted octanol–water partition coefficient (Wildman–Crippen LogP) is 6.55. The van der Waals surface area contributed by atoms with Gasteiger partial charge in [0.05, 0.1) is 6.20 Å². The Morgan fingerprint density at radius 1 is 0.590 bits per heavy atom. The fourth-order valence-electron chi connectivity index (χ4n) is 5.46. The number of para-hydroxylation sites is 3. The number of rotatable bonds is 3. The van der Waals surface area contributed by atoms with Crippen LogP contribution in [0.15, 0.2) is 122 Å². The van der Waals surface area contributed by atoms with E-state index in [4.69, 9.17) is 4.98 Å². The molecule has 0 bridgehead atoms. The van der Waals surface area contributed by atoms with Crippen molar-refractivity contribution in [2.24, 2.45) is 0 Å². The van der Waals surface area contributed by atoms with Crippen LogP contribution in [0.3, 0.4) is 0 Å². The Morgan fingerprint density at radius 2 is 1.26 bits per heavy atom. The molecule has 8 rings (SSSR count). The van der Waals surface area contributed by atoms with Gasteiger partial charge in [-0.2, -0.15) is 24.3 Å². The van der Waals surface area contributed by atoms with Crippen LogP contribution in [0.2, 0.25) is 0 Å². The Balaban J connectivity index is 0.00000253. The van der Waals surface area contributed by atoms with Gasteiger partial charge in [0.25, 0.3) is 5.82 Å². The minimum Gasteiger partial charge on any atom is -0.320 e. The van der Waals surface area contributed by atoms with E-state index in [1.807, 2.05) is 65.5 Å². The van der Waals surface area contributed by atoms with Crippen LogP contribution < -0.4 is 4.57 Å². The molecule has 0 atom stereocenters. The van der Waals surface area contributed by atoms with Crippen LogP contribution in [-0.4, -0.2) is 19.1 Å². The molecule has 3 aromatic carbocycles. The Bertz CT molecular complexity index is 2090. The van der Waals surface area contributed by atoms with Crippen molar-refractivity contribution in [1.82, 2.24) is 19.1 Å². The number of pyridine rings is 3. The monoisotopic (exact) mass is 681 g/mol. The summed E-state index contributed by atoms with van der Waals surface area (Å²) in [5.74, 6) is 2.47. The summed E-state index contributed by atoms with van der Waals surface area (Å²) in [5.41, 5.74) is 4.16. The average Bonchev–Trinajstić information content (AvgIpc) is 3.50. The summed E-state index contributed by atoms with van der Waals surface area (Å²) in [7, 11) is 0. The summed E-state index contributed by atoms with van der Waals surface area (Å²) in [6, 6.07) is 40.6. The molecule has 6 heteroatoms. The fraction of sp³-hybridized carbons (Fsp3) is 0. The topological polar surface area (TPSA) is 39.5 Å². The third-order valence-corrected chi connectivity index (χ3v) is 7.10. The van der Waals surface area contributed by atoms with Gasteiger partial charge in [0.1, 0.15) is 5.82 Å².